The molecular formula is C32H28N6O2. The lowest BCUT2D eigenvalue weighted by atomic mass is 9.50. The average Bonchev–Trinajstić information content (AvgIpc) is 3.42. The summed E-state index contributed by atoms with van der Waals surface area (Å²) in [5.74, 6) is -1.18. The smallest absolute Gasteiger partial charge is 0.244 e. The van der Waals surface area contributed by atoms with E-state index in [9.17, 15) is 20.6 Å². The van der Waals surface area contributed by atoms with E-state index in [2.05, 4.69) is 18.2 Å². The molecule has 0 unspecified atom stereocenters. The first kappa shape index (κ1) is 26.5. The molecule has 40 heavy (non-hydrogen) atoms. The average molecular weight is 529 g/mol. The molecule has 198 valence electrons. The molecular weight excluding hydrogens is 500 g/mol. The van der Waals surface area contributed by atoms with Crippen molar-refractivity contribution in [3.05, 3.63) is 94.2 Å². The summed E-state index contributed by atoms with van der Waals surface area (Å²) in [6.07, 6.45) is 3.74. The van der Waals surface area contributed by atoms with Gasteiger partial charge in [0.25, 0.3) is 0 Å². The molecule has 8 heteroatoms. The van der Waals surface area contributed by atoms with Crippen molar-refractivity contribution >= 4 is 23.2 Å². The van der Waals surface area contributed by atoms with Crippen molar-refractivity contribution in [1.82, 2.24) is 0 Å². The maximum absolute atomic E-state index is 15.0. The van der Waals surface area contributed by atoms with Gasteiger partial charge in [0.1, 0.15) is 10.8 Å². The molecule has 2 atom stereocenters. The van der Waals surface area contributed by atoms with Crippen molar-refractivity contribution in [3.63, 3.8) is 0 Å². The number of fused-ring (bicyclic) bond motifs is 5. The van der Waals surface area contributed by atoms with Gasteiger partial charge in [-0.3, -0.25) is 9.59 Å². The Bertz CT molecular complexity index is 1690. The van der Waals surface area contributed by atoms with Gasteiger partial charge in [-0.2, -0.15) is 15.8 Å². The van der Waals surface area contributed by atoms with Gasteiger partial charge in [-0.1, -0.05) is 59.7 Å². The van der Waals surface area contributed by atoms with E-state index in [0.717, 1.165) is 11.1 Å². The molecule has 2 aromatic carbocycles. The Hall–Kier alpha value is -5.13. The number of amides is 2. The van der Waals surface area contributed by atoms with Crippen LogP contribution in [0.5, 0.6) is 0 Å². The van der Waals surface area contributed by atoms with Crippen LogP contribution in [0.15, 0.2) is 83.1 Å². The number of allylic oxidation sites excluding steroid dienone is 3. The highest BCUT2D eigenvalue weighted by molar-refractivity contribution is 6.23. The fourth-order valence-corrected chi connectivity index (χ4v) is 6.66. The van der Waals surface area contributed by atoms with E-state index in [0.29, 0.717) is 22.5 Å². The summed E-state index contributed by atoms with van der Waals surface area (Å²) in [6, 6.07) is 20.0. The summed E-state index contributed by atoms with van der Waals surface area (Å²) in [6.45, 7) is 7.96. The Morgan fingerprint density at radius 3 is 1.77 bits per heavy atom. The maximum atomic E-state index is 15.0. The summed E-state index contributed by atoms with van der Waals surface area (Å²) in [5, 5.41) is 32.2. The molecule has 2 spiro atoms. The van der Waals surface area contributed by atoms with Crippen LogP contribution < -0.4 is 15.5 Å². The van der Waals surface area contributed by atoms with Gasteiger partial charge in [0, 0.05) is 24.5 Å². The van der Waals surface area contributed by atoms with Crippen LogP contribution in [0.4, 0.5) is 11.4 Å². The first-order chi connectivity index (χ1) is 19.1. The number of carbonyl (C=O) groups excluding carboxylic acids is 2. The SMILES string of the molecule is CC(C)=CCN1C(=O)[C@]2(C(C#N)=C(N)C(C#N)(C#N)[C@]23C(=O)N(CC=C(C)C)c2ccccc23)c2ccccc21. The van der Waals surface area contributed by atoms with Crippen LogP contribution in [0.2, 0.25) is 0 Å². The molecule has 0 bridgehead atoms. The van der Waals surface area contributed by atoms with Gasteiger partial charge in [-0.05, 0) is 51.0 Å². The van der Waals surface area contributed by atoms with Crippen LogP contribution in [-0.2, 0) is 20.4 Å². The van der Waals surface area contributed by atoms with Crippen molar-refractivity contribution < 1.29 is 9.59 Å². The monoisotopic (exact) mass is 528 g/mol. The Morgan fingerprint density at radius 1 is 0.800 bits per heavy atom. The van der Waals surface area contributed by atoms with Gasteiger partial charge >= 0.3 is 0 Å². The van der Waals surface area contributed by atoms with E-state index in [4.69, 9.17) is 5.73 Å². The van der Waals surface area contributed by atoms with Gasteiger partial charge in [0.2, 0.25) is 17.2 Å². The van der Waals surface area contributed by atoms with Crippen molar-refractivity contribution in [2.45, 2.75) is 38.5 Å². The molecule has 2 N–H and O–H groups in total. The van der Waals surface area contributed by atoms with Crippen LogP contribution in [0.3, 0.4) is 0 Å². The second-order valence-electron chi connectivity index (χ2n) is 10.8. The molecule has 2 heterocycles. The minimum atomic E-state index is -2.33. The third-order valence-electron chi connectivity index (χ3n) is 8.31. The number of hydrogen-bond donors (Lipinski definition) is 1. The summed E-state index contributed by atoms with van der Waals surface area (Å²) in [7, 11) is 0. The van der Waals surface area contributed by atoms with E-state index in [1.165, 1.54) is 9.80 Å². The molecule has 2 amide bonds. The zero-order chi connectivity index (χ0) is 29.0. The molecule has 0 saturated heterocycles. The van der Waals surface area contributed by atoms with Crippen molar-refractivity contribution in [2.24, 2.45) is 11.1 Å². The summed E-state index contributed by atoms with van der Waals surface area (Å²) < 4.78 is 0. The third kappa shape index (κ3) is 2.82. The molecule has 2 aliphatic heterocycles. The highest BCUT2D eigenvalue weighted by atomic mass is 16.2. The Kier molecular flexibility index (Phi) is 5.94. The predicted molar refractivity (Wildman–Crippen MR) is 150 cm³/mol. The molecule has 2 aromatic rings. The van der Waals surface area contributed by atoms with Crippen LogP contribution >= 0.6 is 0 Å². The van der Waals surface area contributed by atoms with Crippen molar-refractivity contribution in [3.8, 4) is 18.2 Å². The van der Waals surface area contributed by atoms with Gasteiger partial charge in [-0.25, -0.2) is 0 Å². The number of benzene rings is 2. The number of carbonyl (C=O) groups is 2. The fourth-order valence-electron chi connectivity index (χ4n) is 6.66. The van der Waals surface area contributed by atoms with E-state index in [1.54, 1.807) is 48.5 Å². The largest absolute Gasteiger partial charge is 0.399 e. The number of anilines is 2. The van der Waals surface area contributed by atoms with Crippen LogP contribution in [-0.4, -0.2) is 24.9 Å². The predicted octanol–water partition coefficient (Wildman–Crippen LogP) is 4.27. The van der Waals surface area contributed by atoms with Crippen LogP contribution in [0, 0.1) is 39.4 Å². The second-order valence-corrected chi connectivity index (χ2v) is 10.8. The quantitative estimate of drug-likeness (QED) is 0.588. The van der Waals surface area contributed by atoms with E-state index >= 15 is 4.79 Å². The number of rotatable bonds is 4. The topological polar surface area (TPSA) is 138 Å². The third-order valence-corrected chi connectivity index (χ3v) is 8.31. The first-order valence-corrected chi connectivity index (χ1v) is 12.9. The highest BCUT2D eigenvalue weighted by Crippen LogP contribution is 2.72. The van der Waals surface area contributed by atoms with Crippen molar-refractivity contribution in [2.75, 3.05) is 22.9 Å². The molecule has 5 rings (SSSR count). The molecule has 0 fully saturated rings. The molecule has 3 aliphatic rings. The van der Waals surface area contributed by atoms with Gasteiger partial charge < -0.3 is 15.5 Å². The normalized spacial score (nSPS) is 23.5. The number of hydrogen-bond acceptors (Lipinski definition) is 6. The minimum Gasteiger partial charge on any atom is -0.399 e. The fraction of sp³-hybridized carbons (Fsp3) is 0.281. The zero-order valence-electron chi connectivity index (χ0n) is 22.8. The Labute approximate surface area is 233 Å². The Morgan fingerprint density at radius 2 is 1.27 bits per heavy atom. The number of para-hydroxylation sites is 2. The van der Waals surface area contributed by atoms with E-state index in [1.807, 2.05) is 39.8 Å². The van der Waals surface area contributed by atoms with E-state index < -0.39 is 28.1 Å². The summed E-state index contributed by atoms with van der Waals surface area (Å²) in [4.78, 5) is 33.0. The lowest BCUT2D eigenvalue weighted by Crippen LogP contribution is -2.64. The standard InChI is InChI=1S/C32H28N6O2/c1-20(2)13-15-37-25-11-7-5-9-22(25)31(28(37)39)24(17-33)27(36)30(18-34,19-35)32(31)23-10-6-8-12-26(23)38(29(32)40)16-14-21(3)4/h5-14H,15-16,36H2,1-4H3/t31-,32+/m1/s1. The lowest BCUT2D eigenvalue weighted by molar-refractivity contribution is -0.134. The Balaban J connectivity index is 1.99. The molecule has 0 saturated carbocycles. The summed E-state index contributed by atoms with van der Waals surface area (Å²) in [5.41, 5.74) is 3.13. The zero-order valence-corrected chi connectivity index (χ0v) is 22.8. The van der Waals surface area contributed by atoms with Gasteiger partial charge in [0.15, 0.2) is 0 Å². The molecule has 0 radical (unpaired) electrons. The number of nitrogens with zero attached hydrogens (tertiary/aromatic N) is 5. The summed E-state index contributed by atoms with van der Waals surface area (Å²) >= 11 is 0. The van der Waals surface area contributed by atoms with E-state index in [-0.39, 0.29) is 24.4 Å². The molecule has 8 nitrogen and oxygen atoms in total. The first-order valence-electron chi connectivity index (χ1n) is 12.9. The van der Waals surface area contributed by atoms with Crippen molar-refractivity contribution in [1.29, 1.82) is 15.8 Å². The number of nitriles is 3. The highest BCUT2D eigenvalue weighted by Gasteiger charge is 2.85. The second kappa shape index (κ2) is 8.97. The molecule has 0 aromatic heterocycles. The maximum Gasteiger partial charge on any atom is 0.244 e. The van der Waals surface area contributed by atoms with Gasteiger partial charge in [0.05, 0.1) is 29.5 Å². The van der Waals surface area contributed by atoms with Crippen LogP contribution in [0.1, 0.15) is 38.8 Å². The minimum absolute atomic E-state index is 0.155. The number of nitrogens with two attached hydrogens (primary N) is 1. The lowest BCUT2D eigenvalue weighted by Gasteiger charge is -2.43. The van der Waals surface area contributed by atoms with Gasteiger partial charge in [-0.15, -0.1) is 0 Å². The van der Waals surface area contributed by atoms with Crippen LogP contribution in [0.25, 0.3) is 0 Å². The molecule has 1 aliphatic carbocycles.